The molecule has 0 saturated carbocycles. The normalized spacial score (nSPS) is 28.8. The fourth-order valence-electron chi connectivity index (χ4n) is 6.04. The predicted molar refractivity (Wildman–Crippen MR) is 111 cm³/mol. The van der Waals surface area contributed by atoms with Crippen molar-refractivity contribution in [2.45, 2.75) is 31.3 Å². The van der Waals surface area contributed by atoms with Gasteiger partial charge in [0.15, 0.2) is 0 Å². The van der Waals surface area contributed by atoms with Crippen LogP contribution in [0.15, 0.2) is 93.6 Å². The Balaban J connectivity index is 1.67. The van der Waals surface area contributed by atoms with Crippen LogP contribution in [-0.4, -0.2) is 13.9 Å². The highest BCUT2D eigenvalue weighted by Crippen LogP contribution is 2.66. The second-order valence-electron chi connectivity index (χ2n) is 8.27. The summed E-state index contributed by atoms with van der Waals surface area (Å²) in [6.07, 6.45) is 4.24. The Kier molecular flexibility index (Phi) is 3.08. The molecule has 5 heteroatoms. The first-order valence-electron chi connectivity index (χ1n) is 10.0. The zero-order valence-electron chi connectivity index (χ0n) is 16.3. The van der Waals surface area contributed by atoms with Crippen LogP contribution >= 0.6 is 0 Å². The van der Waals surface area contributed by atoms with Gasteiger partial charge in [-0.25, -0.2) is 23.5 Å². The summed E-state index contributed by atoms with van der Waals surface area (Å²) in [6, 6.07) is 19.3. The molecule has 2 bridgehead atoms. The van der Waals surface area contributed by atoms with Gasteiger partial charge < -0.3 is 0 Å². The molecule has 1 aromatic heterocycles. The lowest BCUT2D eigenvalue weighted by Crippen LogP contribution is -2.63. The quantitative estimate of drug-likeness (QED) is 0.637. The molecule has 4 atom stereocenters. The average Bonchev–Trinajstić information content (AvgIpc) is 3.05. The Labute approximate surface area is 167 Å². The molecule has 5 nitrogen and oxygen atoms in total. The number of aromatic nitrogens is 3. The van der Waals surface area contributed by atoms with E-state index in [2.05, 4.69) is 50.3 Å². The summed E-state index contributed by atoms with van der Waals surface area (Å²) in [5, 5.41) is 0. The molecule has 2 aromatic carbocycles. The standard InChI is InChI=1S/C24H21N3O2/c1-15-16(2)24(17-9-5-3-6-10-17)20-14-13-19(21(15)24)26-22(28)25(23(29)27(20)26)18-11-7-4-8-12-18/h3-14,19-21H,1-2H3. The van der Waals surface area contributed by atoms with Crippen molar-refractivity contribution in [2.24, 2.45) is 5.92 Å². The van der Waals surface area contributed by atoms with E-state index in [0.717, 1.165) is 0 Å². The SMILES string of the molecule is CC1=C(C)C2(c3ccccc3)C1C1C=CC2n2c(=O)n(-c3ccccc3)c(=O)n21. The van der Waals surface area contributed by atoms with Gasteiger partial charge in [0.05, 0.1) is 23.2 Å². The summed E-state index contributed by atoms with van der Waals surface area (Å²) >= 11 is 0. The van der Waals surface area contributed by atoms with E-state index >= 15 is 0 Å². The van der Waals surface area contributed by atoms with Gasteiger partial charge >= 0.3 is 11.4 Å². The Hall–Kier alpha value is -3.34. The van der Waals surface area contributed by atoms with Gasteiger partial charge in [-0.1, -0.05) is 71.8 Å². The van der Waals surface area contributed by atoms with Crippen LogP contribution in [0.5, 0.6) is 0 Å². The fourth-order valence-corrected chi connectivity index (χ4v) is 6.04. The third-order valence-corrected chi connectivity index (χ3v) is 7.29. The van der Waals surface area contributed by atoms with E-state index in [-0.39, 0.29) is 34.8 Å². The maximum Gasteiger partial charge on any atom is 0.352 e. The summed E-state index contributed by atoms with van der Waals surface area (Å²) in [5.74, 6) is 0.184. The highest BCUT2D eigenvalue weighted by Gasteiger charge is 2.64. The van der Waals surface area contributed by atoms with Gasteiger partial charge in [0, 0.05) is 5.92 Å². The Bertz CT molecular complexity index is 1320. The van der Waals surface area contributed by atoms with Crippen molar-refractivity contribution >= 4 is 0 Å². The molecule has 3 aromatic rings. The zero-order chi connectivity index (χ0) is 19.9. The molecule has 0 amide bonds. The largest absolute Gasteiger partial charge is 0.352 e. The summed E-state index contributed by atoms with van der Waals surface area (Å²) in [6.45, 7) is 4.34. The first-order chi connectivity index (χ1) is 14.1. The second kappa shape index (κ2) is 5.38. The van der Waals surface area contributed by atoms with Gasteiger partial charge in [0.1, 0.15) is 0 Å². The molecule has 0 fully saturated rings. The van der Waals surface area contributed by atoms with Gasteiger partial charge in [-0.2, -0.15) is 0 Å². The van der Waals surface area contributed by atoms with E-state index in [4.69, 9.17) is 0 Å². The number of allylic oxidation sites excluding steroid dienone is 4. The Morgan fingerprint density at radius 3 is 2.10 bits per heavy atom. The minimum absolute atomic E-state index is 0.158. The number of benzene rings is 2. The first kappa shape index (κ1) is 16.6. The van der Waals surface area contributed by atoms with Crippen LogP contribution < -0.4 is 11.4 Å². The van der Waals surface area contributed by atoms with E-state index < -0.39 is 0 Å². The fraction of sp³-hybridized carbons (Fsp3) is 0.250. The van der Waals surface area contributed by atoms with Crippen molar-refractivity contribution in [3.8, 4) is 5.69 Å². The van der Waals surface area contributed by atoms with E-state index in [1.807, 2.05) is 24.3 Å². The van der Waals surface area contributed by atoms with Gasteiger partial charge in [0.2, 0.25) is 0 Å². The molecule has 0 saturated heterocycles. The van der Waals surface area contributed by atoms with Crippen molar-refractivity contribution in [3.63, 3.8) is 0 Å². The van der Waals surface area contributed by atoms with Crippen LogP contribution in [0.3, 0.4) is 0 Å². The molecule has 4 aliphatic rings. The number of rotatable bonds is 2. The molecular weight excluding hydrogens is 362 g/mol. The molecule has 144 valence electrons. The van der Waals surface area contributed by atoms with E-state index in [9.17, 15) is 9.59 Å². The van der Waals surface area contributed by atoms with Gasteiger partial charge in [0.25, 0.3) is 0 Å². The van der Waals surface area contributed by atoms with Crippen molar-refractivity contribution in [2.75, 3.05) is 0 Å². The number of nitrogens with zero attached hydrogens (tertiary/aromatic N) is 3. The maximum atomic E-state index is 13.5. The molecule has 2 aliphatic carbocycles. The van der Waals surface area contributed by atoms with Gasteiger partial charge in [-0.05, 0) is 31.5 Å². The highest BCUT2D eigenvalue weighted by molar-refractivity contribution is 5.56. The van der Waals surface area contributed by atoms with Crippen LogP contribution in [-0.2, 0) is 5.41 Å². The first-order valence-corrected chi connectivity index (χ1v) is 10.0. The van der Waals surface area contributed by atoms with Crippen LogP contribution in [0.4, 0.5) is 0 Å². The molecule has 7 rings (SSSR count). The summed E-state index contributed by atoms with van der Waals surface area (Å²) in [5.41, 5.74) is 3.65. The van der Waals surface area contributed by atoms with E-state index in [1.54, 1.807) is 21.5 Å². The zero-order valence-corrected chi connectivity index (χ0v) is 16.3. The van der Waals surface area contributed by atoms with Gasteiger partial charge in [-0.3, -0.25) is 0 Å². The molecular formula is C24H21N3O2. The lowest BCUT2D eigenvalue weighted by Gasteiger charge is -2.62. The Morgan fingerprint density at radius 2 is 1.41 bits per heavy atom. The lowest BCUT2D eigenvalue weighted by atomic mass is 9.46. The minimum atomic E-state index is -0.274. The second-order valence-corrected chi connectivity index (χ2v) is 8.27. The topological polar surface area (TPSA) is 48.9 Å². The third kappa shape index (κ3) is 1.73. The van der Waals surface area contributed by atoms with Crippen LogP contribution in [0.1, 0.15) is 31.5 Å². The molecule has 2 aliphatic heterocycles. The van der Waals surface area contributed by atoms with E-state index in [0.29, 0.717) is 5.69 Å². The molecule has 0 radical (unpaired) electrons. The molecule has 0 spiro atoms. The molecule has 29 heavy (non-hydrogen) atoms. The average molecular weight is 383 g/mol. The van der Waals surface area contributed by atoms with Crippen molar-refractivity contribution in [1.82, 2.24) is 13.9 Å². The van der Waals surface area contributed by atoms with Crippen molar-refractivity contribution < 1.29 is 0 Å². The van der Waals surface area contributed by atoms with Gasteiger partial charge in [-0.15, -0.1) is 0 Å². The number of hydrogen-bond acceptors (Lipinski definition) is 2. The number of hydrogen-bond donors (Lipinski definition) is 0. The highest BCUT2D eigenvalue weighted by atomic mass is 16.2. The molecule has 4 unspecified atom stereocenters. The van der Waals surface area contributed by atoms with Crippen LogP contribution in [0.2, 0.25) is 0 Å². The summed E-state index contributed by atoms with van der Waals surface area (Å²) < 4.78 is 4.68. The van der Waals surface area contributed by atoms with Crippen LogP contribution in [0, 0.1) is 5.92 Å². The number of para-hydroxylation sites is 1. The predicted octanol–water partition coefficient (Wildman–Crippen LogP) is 3.37. The smallest absolute Gasteiger partial charge is 0.245 e. The summed E-state index contributed by atoms with van der Waals surface area (Å²) in [7, 11) is 0. The molecule has 3 heterocycles. The minimum Gasteiger partial charge on any atom is -0.245 e. The van der Waals surface area contributed by atoms with Crippen molar-refractivity contribution in [3.05, 3.63) is 110 Å². The lowest BCUT2D eigenvalue weighted by molar-refractivity contribution is 0.0784. The Morgan fingerprint density at radius 1 is 0.793 bits per heavy atom. The summed E-state index contributed by atoms with van der Waals surface area (Å²) in [4.78, 5) is 26.9. The third-order valence-electron chi connectivity index (χ3n) is 7.29. The molecule has 0 N–H and O–H groups in total. The van der Waals surface area contributed by atoms with Crippen molar-refractivity contribution in [1.29, 1.82) is 0 Å². The van der Waals surface area contributed by atoms with Crippen LogP contribution in [0.25, 0.3) is 5.69 Å². The maximum absolute atomic E-state index is 13.5. The van der Waals surface area contributed by atoms with E-state index in [1.165, 1.54) is 21.3 Å². The monoisotopic (exact) mass is 383 g/mol.